The van der Waals surface area contributed by atoms with Gasteiger partial charge in [0.2, 0.25) is 0 Å². The minimum atomic E-state index is -1.21. The van der Waals surface area contributed by atoms with Crippen molar-refractivity contribution < 1.29 is 14.6 Å². The number of carbonyl (C=O) groups excluding carboxylic acids is 1. The Bertz CT molecular complexity index is 1170. The number of hydrogen-bond donors (Lipinski definition) is 0. The molecule has 0 amide bonds. The molecule has 29 heavy (non-hydrogen) atoms. The van der Waals surface area contributed by atoms with Gasteiger partial charge in [0.1, 0.15) is 12.4 Å². The number of para-hydroxylation sites is 1. The Morgan fingerprint density at radius 2 is 1.62 bits per heavy atom. The monoisotopic (exact) mass is 380 g/mol. The minimum Gasteiger partial charge on any atom is -0.545 e. The molecule has 1 heterocycles. The van der Waals surface area contributed by atoms with Crippen LogP contribution in [0.25, 0.3) is 23.1 Å². The summed E-state index contributed by atoms with van der Waals surface area (Å²) in [7, 11) is 0. The van der Waals surface area contributed by atoms with Gasteiger partial charge in [0, 0.05) is 10.9 Å². The maximum atomic E-state index is 11.5. The largest absolute Gasteiger partial charge is 0.545 e. The van der Waals surface area contributed by atoms with Crippen LogP contribution in [0.3, 0.4) is 0 Å². The topological polar surface area (TPSA) is 62.2 Å². The van der Waals surface area contributed by atoms with Crippen LogP contribution in [0.2, 0.25) is 0 Å². The quantitative estimate of drug-likeness (QED) is 0.499. The van der Waals surface area contributed by atoms with Gasteiger partial charge in [-0.2, -0.15) is 0 Å². The third-order valence-corrected chi connectivity index (χ3v) is 4.53. The van der Waals surface area contributed by atoms with Gasteiger partial charge in [0.15, 0.2) is 0 Å². The van der Waals surface area contributed by atoms with Crippen molar-refractivity contribution in [2.45, 2.75) is 6.61 Å². The van der Waals surface area contributed by atoms with Crippen LogP contribution in [0, 0.1) is 0 Å². The molecule has 0 aliphatic rings. The summed E-state index contributed by atoms with van der Waals surface area (Å²) in [6, 6.07) is 26.4. The lowest BCUT2D eigenvalue weighted by Gasteiger charge is -2.08. The number of ether oxygens (including phenoxy) is 1. The van der Waals surface area contributed by atoms with E-state index in [9.17, 15) is 9.90 Å². The maximum Gasteiger partial charge on any atom is 0.119 e. The Morgan fingerprint density at radius 1 is 0.897 bits per heavy atom. The maximum absolute atomic E-state index is 11.5. The Balaban J connectivity index is 1.49. The van der Waals surface area contributed by atoms with E-state index in [-0.39, 0.29) is 5.56 Å². The fourth-order valence-electron chi connectivity index (χ4n) is 3.05. The number of pyridine rings is 1. The van der Waals surface area contributed by atoms with Gasteiger partial charge in [-0.15, -0.1) is 0 Å². The van der Waals surface area contributed by atoms with Crippen molar-refractivity contribution in [2.24, 2.45) is 0 Å². The Morgan fingerprint density at radius 3 is 2.38 bits per heavy atom. The number of carbonyl (C=O) groups is 1. The van der Waals surface area contributed by atoms with Gasteiger partial charge in [0.05, 0.1) is 17.2 Å². The smallest absolute Gasteiger partial charge is 0.119 e. The van der Waals surface area contributed by atoms with Gasteiger partial charge < -0.3 is 14.6 Å². The van der Waals surface area contributed by atoms with E-state index >= 15 is 0 Å². The third kappa shape index (κ3) is 4.50. The van der Waals surface area contributed by atoms with Gasteiger partial charge in [-0.1, -0.05) is 66.7 Å². The molecule has 4 aromatic rings. The van der Waals surface area contributed by atoms with E-state index in [1.54, 1.807) is 24.3 Å². The van der Waals surface area contributed by atoms with Crippen molar-refractivity contribution in [3.05, 3.63) is 107 Å². The average molecular weight is 380 g/mol. The second-order valence-corrected chi connectivity index (χ2v) is 6.58. The molecule has 3 aromatic carbocycles. The molecule has 0 bridgehead atoms. The number of rotatable bonds is 6. The molecule has 0 N–H and O–H groups in total. The standard InChI is InChI=1S/C25H19NO3/c27-25(28)23-16-20(26-24-9-5-4-8-22(23)24)13-10-18-11-14-21(15-12-18)29-17-19-6-2-1-3-7-19/h1-16H,17H2,(H,27,28)/p-1/b13-10+. The lowest BCUT2D eigenvalue weighted by atomic mass is 10.1. The van der Waals surface area contributed by atoms with Crippen LogP contribution in [-0.2, 0) is 6.61 Å². The van der Waals surface area contributed by atoms with Gasteiger partial charge >= 0.3 is 0 Å². The van der Waals surface area contributed by atoms with Crippen LogP contribution in [0.1, 0.15) is 27.2 Å². The first-order valence-electron chi connectivity index (χ1n) is 9.25. The summed E-state index contributed by atoms with van der Waals surface area (Å²) >= 11 is 0. The summed E-state index contributed by atoms with van der Waals surface area (Å²) in [4.78, 5) is 16.0. The van der Waals surface area contributed by atoms with E-state index in [0.29, 0.717) is 23.2 Å². The molecule has 0 atom stereocenters. The molecule has 0 saturated heterocycles. The molecule has 0 saturated carbocycles. The average Bonchev–Trinajstić information content (AvgIpc) is 2.77. The highest BCUT2D eigenvalue weighted by molar-refractivity contribution is 6.02. The lowest BCUT2D eigenvalue weighted by molar-refractivity contribution is -0.254. The molecule has 4 nitrogen and oxygen atoms in total. The molecule has 0 aliphatic heterocycles. The predicted molar refractivity (Wildman–Crippen MR) is 112 cm³/mol. The molecule has 0 unspecified atom stereocenters. The van der Waals surface area contributed by atoms with E-state index in [2.05, 4.69) is 4.98 Å². The van der Waals surface area contributed by atoms with E-state index in [0.717, 1.165) is 16.9 Å². The second-order valence-electron chi connectivity index (χ2n) is 6.58. The molecular formula is C25H18NO3-. The highest BCUT2D eigenvalue weighted by Crippen LogP contribution is 2.20. The van der Waals surface area contributed by atoms with Crippen LogP contribution < -0.4 is 9.84 Å². The third-order valence-electron chi connectivity index (χ3n) is 4.53. The fraction of sp³-hybridized carbons (Fsp3) is 0.0400. The van der Waals surface area contributed by atoms with Crippen LogP contribution in [0.5, 0.6) is 5.75 Å². The summed E-state index contributed by atoms with van der Waals surface area (Å²) < 4.78 is 5.79. The Hall–Kier alpha value is -3.92. The van der Waals surface area contributed by atoms with Crippen molar-refractivity contribution in [1.29, 1.82) is 0 Å². The molecule has 0 fully saturated rings. The molecular weight excluding hydrogens is 362 g/mol. The SMILES string of the molecule is O=C([O-])c1cc(/C=C/c2ccc(OCc3ccccc3)cc2)nc2ccccc12. The number of hydrogen-bond acceptors (Lipinski definition) is 4. The minimum absolute atomic E-state index is 0.139. The van der Waals surface area contributed by atoms with E-state index < -0.39 is 5.97 Å². The number of carboxylic acids is 1. The number of aromatic nitrogens is 1. The summed E-state index contributed by atoms with van der Waals surface area (Å²) in [5.74, 6) is -0.424. The first-order valence-corrected chi connectivity index (χ1v) is 9.25. The first-order chi connectivity index (χ1) is 14.2. The molecule has 0 aliphatic carbocycles. The van der Waals surface area contributed by atoms with Gasteiger partial charge in [-0.05, 0) is 41.5 Å². The fourth-order valence-corrected chi connectivity index (χ4v) is 3.05. The zero-order valence-corrected chi connectivity index (χ0v) is 15.6. The van der Waals surface area contributed by atoms with Crippen LogP contribution in [0.4, 0.5) is 0 Å². The molecule has 142 valence electrons. The van der Waals surface area contributed by atoms with E-state index in [1.807, 2.05) is 66.7 Å². The molecule has 1 aromatic heterocycles. The van der Waals surface area contributed by atoms with Crippen molar-refractivity contribution in [3.8, 4) is 5.75 Å². The molecule has 4 heteroatoms. The van der Waals surface area contributed by atoms with Gasteiger partial charge in [-0.3, -0.25) is 0 Å². The zero-order chi connectivity index (χ0) is 20.1. The number of fused-ring (bicyclic) bond motifs is 1. The molecule has 0 radical (unpaired) electrons. The highest BCUT2D eigenvalue weighted by atomic mass is 16.5. The second kappa shape index (κ2) is 8.40. The zero-order valence-electron chi connectivity index (χ0n) is 15.6. The predicted octanol–water partition coefficient (Wildman–Crippen LogP) is 4.35. The van der Waals surface area contributed by atoms with Crippen LogP contribution in [0.15, 0.2) is 84.9 Å². The number of aromatic carboxylic acids is 1. The summed E-state index contributed by atoms with van der Waals surface area (Å²) in [6.07, 6.45) is 3.68. The first kappa shape index (κ1) is 18.4. The summed E-state index contributed by atoms with van der Waals surface area (Å²) in [6.45, 7) is 0.517. The number of benzene rings is 3. The van der Waals surface area contributed by atoms with Crippen molar-refractivity contribution in [2.75, 3.05) is 0 Å². The van der Waals surface area contributed by atoms with E-state index in [4.69, 9.17) is 4.74 Å². The molecule has 4 rings (SSSR count). The van der Waals surface area contributed by atoms with Crippen LogP contribution >= 0.6 is 0 Å². The summed E-state index contributed by atoms with van der Waals surface area (Å²) in [5.41, 5.74) is 3.40. The Labute approximate surface area is 168 Å². The summed E-state index contributed by atoms with van der Waals surface area (Å²) in [5, 5.41) is 12.0. The normalized spacial score (nSPS) is 11.0. The van der Waals surface area contributed by atoms with E-state index in [1.165, 1.54) is 6.07 Å². The van der Waals surface area contributed by atoms with Crippen molar-refractivity contribution in [3.63, 3.8) is 0 Å². The van der Waals surface area contributed by atoms with Crippen molar-refractivity contribution in [1.82, 2.24) is 4.98 Å². The number of carboxylic acid groups (broad SMARTS) is 1. The number of nitrogens with zero attached hydrogens (tertiary/aromatic N) is 1. The molecule has 0 spiro atoms. The van der Waals surface area contributed by atoms with Gasteiger partial charge in [-0.25, -0.2) is 4.98 Å². The Kier molecular flexibility index (Phi) is 5.34. The van der Waals surface area contributed by atoms with Gasteiger partial charge in [0.25, 0.3) is 0 Å². The lowest BCUT2D eigenvalue weighted by Crippen LogP contribution is -2.22. The van der Waals surface area contributed by atoms with Crippen molar-refractivity contribution >= 4 is 29.0 Å². The van der Waals surface area contributed by atoms with Crippen LogP contribution in [-0.4, -0.2) is 11.0 Å². The highest BCUT2D eigenvalue weighted by Gasteiger charge is 2.05.